The topological polar surface area (TPSA) is 63.8 Å². The number of pyridine rings is 1. The maximum atomic E-state index is 13.6. The highest BCUT2D eigenvalue weighted by Gasteiger charge is 2.22. The standard InChI is InChI=1S/C23H15N3O2S/c27-22-19-18(15-9-3-1-4-10-15)20(16-11-5-2-6-12-16)28-21(19)25-23(29)26(22)17-13-7-8-14-24-17/h1-14H,(H,25,29). The first-order chi connectivity index (χ1) is 14.2. The minimum absolute atomic E-state index is 0.231. The van der Waals surface area contributed by atoms with Gasteiger partial charge in [0.15, 0.2) is 4.77 Å². The minimum Gasteiger partial charge on any atom is -0.439 e. The zero-order valence-electron chi connectivity index (χ0n) is 15.2. The number of aromatic amines is 1. The molecule has 0 spiro atoms. The molecule has 0 saturated heterocycles. The number of hydrogen-bond acceptors (Lipinski definition) is 4. The molecule has 3 aromatic heterocycles. The zero-order valence-corrected chi connectivity index (χ0v) is 16.0. The third-order valence-electron chi connectivity index (χ3n) is 4.73. The zero-order chi connectivity index (χ0) is 19.8. The Morgan fingerprint density at radius 1 is 0.862 bits per heavy atom. The van der Waals surface area contributed by atoms with Crippen molar-refractivity contribution in [3.8, 4) is 28.3 Å². The summed E-state index contributed by atoms with van der Waals surface area (Å²) in [5.74, 6) is 1.08. The van der Waals surface area contributed by atoms with E-state index in [4.69, 9.17) is 16.6 Å². The first-order valence-electron chi connectivity index (χ1n) is 9.08. The number of nitrogens with zero attached hydrogens (tertiary/aromatic N) is 2. The van der Waals surface area contributed by atoms with Gasteiger partial charge in [-0.3, -0.25) is 4.79 Å². The van der Waals surface area contributed by atoms with E-state index in [1.807, 2.05) is 66.7 Å². The normalized spacial score (nSPS) is 11.0. The van der Waals surface area contributed by atoms with E-state index in [-0.39, 0.29) is 10.3 Å². The quantitative estimate of drug-likeness (QED) is 0.416. The number of H-pyrrole nitrogens is 1. The maximum Gasteiger partial charge on any atom is 0.272 e. The molecule has 29 heavy (non-hydrogen) atoms. The molecule has 1 N–H and O–H groups in total. The second-order valence-electron chi connectivity index (χ2n) is 6.50. The molecule has 0 unspecified atom stereocenters. The molecular weight excluding hydrogens is 382 g/mol. The summed E-state index contributed by atoms with van der Waals surface area (Å²) in [7, 11) is 0. The lowest BCUT2D eigenvalue weighted by Gasteiger charge is -2.06. The molecule has 2 aromatic carbocycles. The Balaban J connectivity index is 1.93. The highest BCUT2D eigenvalue weighted by atomic mass is 32.1. The Labute approximate surface area is 170 Å². The summed E-state index contributed by atoms with van der Waals surface area (Å²) in [6.07, 6.45) is 1.63. The second-order valence-corrected chi connectivity index (χ2v) is 6.89. The fraction of sp³-hybridized carbons (Fsp3) is 0. The van der Waals surface area contributed by atoms with E-state index in [0.29, 0.717) is 22.7 Å². The molecule has 0 amide bonds. The Kier molecular flexibility index (Phi) is 4.18. The average molecular weight is 397 g/mol. The van der Waals surface area contributed by atoms with Crippen LogP contribution in [0.15, 0.2) is 94.3 Å². The van der Waals surface area contributed by atoms with Crippen LogP contribution >= 0.6 is 12.2 Å². The lowest BCUT2D eigenvalue weighted by molar-refractivity contribution is 0.615. The Morgan fingerprint density at radius 3 is 2.17 bits per heavy atom. The molecule has 5 aromatic rings. The summed E-state index contributed by atoms with van der Waals surface area (Å²) in [5, 5.41) is 0.439. The molecule has 0 fully saturated rings. The van der Waals surface area contributed by atoms with E-state index in [2.05, 4.69) is 9.97 Å². The third-order valence-corrected chi connectivity index (χ3v) is 5.01. The summed E-state index contributed by atoms with van der Waals surface area (Å²) >= 11 is 5.44. The average Bonchev–Trinajstić information content (AvgIpc) is 3.15. The van der Waals surface area contributed by atoms with Gasteiger partial charge in [0.25, 0.3) is 5.56 Å². The van der Waals surface area contributed by atoms with Gasteiger partial charge in [-0.1, -0.05) is 66.7 Å². The number of furan rings is 1. The summed E-state index contributed by atoms with van der Waals surface area (Å²) in [6.45, 7) is 0. The Hall–Kier alpha value is -3.77. The number of rotatable bonds is 3. The fourth-order valence-electron chi connectivity index (χ4n) is 3.45. The van der Waals surface area contributed by atoms with Crippen LogP contribution in [0.3, 0.4) is 0 Å². The highest BCUT2D eigenvalue weighted by molar-refractivity contribution is 7.71. The molecule has 0 aliphatic rings. The maximum absolute atomic E-state index is 13.6. The molecule has 5 nitrogen and oxygen atoms in total. The summed E-state index contributed by atoms with van der Waals surface area (Å²) in [6, 6.07) is 24.8. The molecule has 3 heterocycles. The molecule has 0 saturated carbocycles. The number of nitrogens with one attached hydrogen (secondary N) is 1. The van der Waals surface area contributed by atoms with Gasteiger partial charge in [0, 0.05) is 17.3 Å². The van der Waals surface area contributed by atoms with Crippen LogP contribution < -0.4 is 5.56 Å². The van der Waals surface area contributed by atoms with E-state index < -0.39 is 0 Å². The van der Waals surface area contributed by atoms with E-state index in [1.54, 1.807) is 18.3 Å². The van der Waals surface area contributed by atoms with Crippen LogP contribution in [0.25, 0.3) is 39.4 Å². The van der Waals surface area contributed by atoms with Crippen LogP contribution in [-0.2, 0) is 0 Å². The van der Waals surface area contributed by atoms with Crippen molar-refractivity contribution in [1.82, 2.24) is 14.5 Å². The van der Waals surface area contributed by atoms with Crippen molar-refractivity contribution in [3.63, 3.8) is 0 Å². The summed E-state index contributed by atoms with van der Waals surface area (Å²) in [5.41, 5.74) is 2.58. The van der Waals surface area contributed by atoms with E-state index >= 15 is 0 Å². The lowest BCUT2D eigenvalue weighted by Crippen LogP contribution is -2.21. The number of aromatic nitrogens is 3. The first-order valence-corrected chi connectivity index (χ1v) is 9.49. The Morgan fingerprint density at radius 2 is 1.52 bits per heavy atom. The van der Waals surface area contributed by atoms with Crippen LogP contribution in [-0.4, -0.2) is 14.5 Å². The minimum atomic E-state index is -0.271. The van der Waals surface area contributed by atoms with Gasteiger partial charge < -0.3 is 9.40 Å². The Bertz CT molecular complexity index is 1420. The van der Waals surface area contributed by atoms with Gasteiger partial charge >= 0.3 is 0 Å². The van der Waals surface area contributed by atoms with Crippen molar-refractivity contribution in [2.45, 2.75) is 0 Å². The van der Waals surface area contributed by atoms with Crippen molar-refractivity contribution in [2.24, 2.45) is 0 Å². The molecule has 0 bridgehead atoms. The molecule has 0 aliphatic carbocycles. The molecule has 5 rings (SSSR count). The van der Waals surface area contributed by atoms with E-state index in [9.17, 15) is 4.79 Å². The molecule has 0 radical (unpaired) electrons. The summed E-state index contributed by atoms with van der Waals surface area (Å²) < 4.78 is 7.76. The van der Waals surface area contributed by atoms with Gasteiger partial charge in [-0.2, -0.15) is 0 Å². The van der Waals surface area contributed by atoms with Crippen LogP contribution in [0.1, 0.15) is 0 Å². The predicted molar refractivity (Wildman–Crippen MR) is 116 cm³/mol. The van der Waals surface area contributed by atoms with Crippen molar-refractivity contribution in [3.05, 3.63) is 100 Å². The predicted octanol–water partition coefficient (Wildman–Crippen LogP) is 5.37. The largest absolute Gasteiger partial charge is 0.439 e. The molecular formula is C23H15N3O2S. The van der Waals surface area contributed by atoms with Crippen molar-refractivity contribution in [1.29, 1.82) is 0 Å². The highest BCUT2D eigenvalue weighted by Crippen LogP contribution is 2.38. The first kappa shape index (κ1) is 17.3. The molecule has 0 aliphatic heterocycles. The van der Waals surface area contributed by atoms with Crippen LogP contribution in [0.5, 0.6) is 0 Å². The SMILES string of the molecule is O=c1c2c(-c3ccccc3)c(-c3ccccc3)oc2[nH]c(=S)n1-c1ccccn1. The van der Waals surface area contributed by atoms with Gasteiger partial charge in [-0.15, -0.1) is 0 Å². The smallest absolute Gasteiger partial charge is 0.272 e. The third kappa shape index (κ3) is 2.90. The van der Waals surface area contributed by atoms with Gasteiger partial charge in [0.05, 0.1) is 0 Å². The summed E-state index contributed by atoms with van der Waals surface area (Å²) in [4.78, 5) is 20.9. The molecule has 6 heteroatoms. The van der Waals surface area contributed by atoms with E-state index in [1.165, 1.54) is 4.57 Å². The van der Waals surface area contributed by atoms with Crippen molar-refractivity contribution < 1.29 is 4.42 Å². The number of hydrogen-bond donors (Lipinski definition) is 1. The van der Waals surface area contributed by atoms with Crippen LogP contribution in [0, 0.1) is 4.77 Å². The van der Waals surface area contributed by atoms with Gasteiger partial charge in [0.2, 0.25) is 5.71 Å². The van der Waals surface area contributed by atoms with E-state index in [0.717, 1.165) is 16.7 Å². The van der Waals surface area contributed by atoms with Gasteiger partial charge in [-0.25, -0.2) is 9.55 Å². The monoisotopic (exact) mass is 397 g/mol. The van der Waals surface area contributed by atoms with Gasteiger partial charge in [-0.05, 0) is 29.9 Å². The van der Waals surface area contributed by atoms with Crippen LogP contribution in [0.4, 0.5) is 0 Å². The second kappa shape index (κ2) is 7.00. The van der Waals surface area contributed by atoms with Crippen LogP contribution in [0.2, 0.25) is 0 Å². The number of benzene rings is 2. The number of fused-ring (bicyclic) bond motifs is 1. The molecule has 140 valence electrons. The van der Waals surface area contributed by atoms with Crippen molar-refractivity contribution >= 4 is 23.3 Å². The van der Waals surface area contributed by atoms with Crippen molar-refractivity contribution in [2.75, 3.05) is 0 Å². The lowest BCUT2D eigenvalue weighted by atomic mass is 10.00. The molecule has 0 atom stereocenters. The van der Waals surface area contributed by atoms with Gasteiger partial charge in [0.1, 0.15) is 17.0 Å². The fourth-order valence-corrected chi connectivity index (χ4v) is 3.72.